The maximum absolute atomic E-state index is 13.1. The number of benzene rings is 3. The van der Waals surface area contributed by atoms with Crippen LogP contribution in [0.2, 0.25) is 0 Å². The molecule has 1 aromatic heterocycles. The summed E-state index contributed by atoms with van der Waals surface area (Å²) in [6, 6.07) is 17.0. The minimum absolute atomic E-state index is 0.00303. The lowest BCUT2D eigenvalue weighted by Gasteiger charge is -2.12. The van der Waals surface area contributed by atoms with Crippen molar-refractivity contribution in [3.63, 3.8) is 0 Å². The third-order valence-electron chi connectivity index (χ3n) is 5.92. The topological polar surface area (TPSA) is 104 Å². The van der Waals surface area contributed by atoms with E-state index in [0.717, 1.165) is 5.57 Å². The minimum atomic E-state index is -0.696. The molecular formula is C31H29NO7. The Kier molecular flexibility index (Phi) is 8.15. The molecule has 1 N–H and O–H groups in total. The molecule has 8 nitrogen and oxygen atoms in total. The first kappa shape index (κ1) is 27.2. The Morgan fingerprint density at radius 3 is 2.41 bits per heavy atom. The van der Waals surface area contributed by atoms with Gasteiger partial charge in [-0.15, -0.1) is 0 Å². The number of allylic oxidation sites excluding steroid dienone is 2. The minimum Gasteiger partial charge on any atom is -0.497 e. The summed E-state index contributed by atoms with van der Waals surface area (Å²) in [4.78, 5) is 37.4. The van der Waals surface area contributed by atoms with Crippen molar-refractivity contribution in [2.45, 2.75) is 34.1 Å². The molecule has 0 saturated heterocycles. The van der Waals surface area contributed by atoms with Gasteiger partial charge in [-0.3, -0.25) is 9.59 Å². The van der Waals surface area contributed by atoms with E-state index in [1.807, 2.05) is 32.1 Å². The van der Waals surface area contributed by atoms with Crippen LogP contribution < -0.4 is 25.2 Å². The molecule has 8 heteroatoms. The molecule has 0 fully saturated rings. The quantitative estimate of drug-likeness (QED) is 0.119. The predicted octanol–water partition coefficient (Wildman–Crippen LogP) is 6.59. The van der Waals surface area contributed by atoms with Gasteiger partial charge in [-0.1, -0.05) is 17.7 Å². The van der Waals surface area contributed by atoms with Gasteiger partial charge in [-0.2, -0.15) is 0 Å². The number of carbonyl (C=O) groups is 2. The van der Waals surface area contributed by atoms with Gasteiger partial charge in [0.15, 0.2) is 0 Å². The Morgan fingerprint density at radius 2 is 1.69 bits per heavy atom. The first-order chi connectivity index (χ1) is 18.6. The highest BCUT2D eigenvalue weighted by Gasteiger charge is 2.16. The zero-order valence-electron chi connectivity index (χ0n) is 22.4. The van der Waals surface area contributed by atoms with Crippen LogP contribution in [-0.2, 0) is 11.2 Å². The highest BCUT2D eigenvalue weighted by molar-refractivity contribution is 6.05. The molecule has 0 saturated carbocycles. The predicted molar refractivity (Wildman–Crippen MR) is 149 cm³/mol. The molecule has 0 aliphatic heterocycles. The monoisotopic (exact) mass is 527 g/mol. The molecule has 0 radical (unpaired) electrons. The van der Waals surface area contributed by atoms with E-state index < -0.39 is 17.5 Å². The number of ether oxygens (including phenoxy) is 3. The summed E-state index contributed by atoms with van der Waals surface area (Å²) in [7, 11) is 1.58. The molecule has 39 heavy (non-hydrogen) atoms. The molecule has 4 aromatic rings. The Hall–Kier alpha value is -4.85. The van der Waals surface area contributed by atoms with Crippen LogP contribution in [0.15, 0.2) is 81.5 Å². The van der Waals surface area contributed by atoms with Crippen molar-refractivity contribution >= 4 is 28.5 Å². The van der Waals surface area contributed by atoms with E-state index in [1.165, 1.54) is 13.0 Å². The molecule has 0 aliphatic rings. The van der Waals surface area contributed by atoms with Gasteiger partial charge in [0.05, 0.1) is 7.11 Å². The van der Waals surface area contributed by atoms with Crippen LogP contribution in [0, 0.1) is 6.92 Å². The molecule has 1 heterocycles. The molecule has 0 unspecified atom stereocenters. The van der Waals surface area contributed by atoms with Crippen LogP contribution >= 0.6 is 0 Å². The second kappa shape index (κ2) is 11.7. The Balaban J connectivity index is 1.60. The van der Waals surface area contributed by atoms with Crippen LogP contribution in [0.5, 0.6) is 23.0 Å². The molecule has 0 bridgehead atoms. The fourth-order valence-corrected chi connectivity index (χ4v) is 3.94. The standard InChI is InChI=1S/C31H29NO7/c1-18(2)9-10-21-15-23(12-14-28(21)37-20(4)33)30(34)32-26-16-22-11-13-27(19(3)29(22)39-31(26)35)38-25-8-6-7-24(17-25)36-5/h6-9,11-17H,10H2,1-5H3,(H,32,34). The first-order valence-electron chi connectivity index (χ1n) is 12.3. The van der Waals surface area contributed by atoms with Gasteiger partial charge in [0, 0.05) is 29.5 Å². The normalized spacial score (nSPS) is 10.6. The van der Waals surface area contributed by atoms with Crippen LogP contribution in [0.3, 0.4) is 0 Å². The molecule has 0 aliphatic carbocycles. The third kappa shape index (κ3) is 6.54. The van der Waals surface area contributed by atoms with E-state index in [2.05, 4.69) is 5.32 Å². The van der Waals surface area contributed by atoms with E-state index in [4.69, 9.17) is 18.6 Å². The van der Waals surface area contributed by atoms with Gasteiger partial charge in [-0.05, 0) is 81.3 Å². The molecule has 4 rings (SSSR count). The number of methoxy groups -OCH3 is 1. The number of carbonyl (C=O) groups excluding carboxylic acids is 2. The van der Waals surface area contributed by atoms with Gasteiger partial charge in [0.2, 0.25) is 0 Å². The van der Waals surface area contributed by atoms with Crippen LogP contribution in [0.1, 0.15) is 42.3 Å². The molecule has 1 amide bonds. The van der Waals surface area contributed by atoms with Crippen molar-refractivity contribution < 1.29 is 28.2 Å². The van der Waals surface area contributed by atoms with Gasteiger partial charge in [-0.25, -0.2) is 4.79 Å². The lowest BCUT2D eigenvalue weighted by Crippen LogP contribution is -2.18. The van der Waals surface area contributed by atoms with E-state index in [9.17, 15) is 14.4 Å². The number of amides is 1. The van der Waals surface area contributed by atoms with E-state index in [1.54, 1.807) is 56.5 Å². The number of hydrogen-bond acceptors (Lipinski definition) is 7. The first-order valence-corrected chi connectivity index (χ1v) is 12.3. The van der Waals surface area contributed by atoms with Crippen molar-refractivity contribution in [2.75, 3.05) is 12.4 Å². The summed E-state index contributed by atoms with van der Waals surface area (Å²) in [6.07, 6.45) is 2.44. The number of fused-ring (bicyclic) bond motifs is 1. The second-order valence-corrected chi connectivity index (χ2v) is 9.19. The van der Waals surface area contributed by atoms with Gasteiger partial charge < -0.3 is 23.9 Å². The molecular weight excluding hydrogens is 498 g/mol. The Bertz CT molecular complexity index is 1650. The summed E-state index contributed by atoms with van der Waals surface area (Å²) in [5, 5.41) is 3.26. The number of esters is 1. The van der Waals surface area contributed by atoms with E-state index >= 15 is 0 Å². The zero-order valence-corrected chi connectivity index (χ0v) is 22.4. The number of hydrogen-bond donors (Lipinski definition) is 1. The van der Waals surface area contributed by atoms with Gasteiger partial charge >= 0.3 is 11.6 Å². The van der Waals surface area contributed by atoms with Gasteiger partial charge in [0.1, 0.15) is 34.3 Å². The van der Waals surface area contributed by atoms with Gasteiger partial charge in [0.25, 0.3) is 5.91 Å². The average molecular weight is 528 g/mol. The van der Waals surface area contributed by atoms with Crippen molar-refractivity contribution in [3.8, 4) is 23.0 Å². The summed E-state index contributed by atoms with van der Waals surface area (Å²) in [5.41, 5.74) is 2.36. The van der Waals surface area contributed by atoms with Crippen molar-refractivity contribution in [1.29, 1.82) is 0 Å². The average Bonchev–Trinajstić information content (AvgIpc) is 2.90. The fraction of sp³-hybridized carbons (Fsp3) is 0.194. The van der Waals surface area contributed by atoms with Crippen molar-refractivity contribution in [1.82, 2.24) is 0 Å². The van der Waals surface area contributed by atoms with Crippen molar-refractivity contribution in [3.05, 3.63) is 99.4 Å². The molecule has 0 spiro atoms. The summed E-state index contributed by atoms with van der Waals surface area (Å²) in [5.74, 6) is 1.18. The second-order valence-electron chi connectivity index (χ2n) is 9.19. The lowest BCUT2D eigenvalue weighted by atomic mass is 10.0. The molecule has 3 aromatic carbocycles. The Labute approximate surface area is 225 Å². The summed E-state index contributed by atoms with van der Waals surface area (Å²) < 4.78 is 22.1. The highest BCUT2D eigenvalue weighted by atomic mass is 16.5. The largest absolute Gasteiger partial charge is 0.497 e. The smallest absolute Gasteiger partial charge is 0.360 e. The summed E-state index contributed by atoms with van der Waals surface area (Å²) in [6.45, 7) is 7.02. The highest BCUT2D eigenvalue weighted by Crippen LogP contribution is 2.32. The maximum Gasteiger partial charge on any atom is 0.360 e. The number of anilines is 1. The third-order valence-corrected chi connectivity index (χ3v) is 5.92. The fourth-order valence-electron chi connectivity index (χ4n) is 3.94. The summed E-state index contributed by atoms with van der Waals surface area (Å²) >= 11 is 0. The van der Waals surface area contributed by atoms with Crippen LogP contribution in [0.25, 0.3) is 11.0 Å². The molecule has 0 atom stereocenters. The van der Waals surface area contributed by atoms with E-state index in [-0.39, 0.29) is 5.69 Å². The lowest BCUT2D eigenvalue weighted by molar-refractivity contribution is -0.131. The SMILES string of the molecule is COc1cccc(Oc2ccc3cc(NC(=O)c4ccc(OC(C)=O)c(CC=C(C)C)c4)c(=O)oc3c2C)c1. The van der Waals surface area contributed by atoms with Crippen LogP contribution in [-0.4, -0.2) is 19.0 Å². The maximum atomic E-state index is 13.1. The number of nitrogens with one attached hydrogen (secondary N) is 1. The van der Waals surface area contributed by atoms with Crippen molar-refractivity contribution in [2.24, 2.45) is 0 Å². The number of rotatable bonds is 8. The molecule has 200 valence electrons. The zero-order chi connectivity index (χ0) is 28.1. The number of aryl methyl sites for hydroxylation is 1. The Morgan fingerprint density at radius 1 is 0.949 bits per heavy atom. The van der Waals surface area contributed by atoms with E-state index in [0.29, 0.717) is 57.1 Å². The van der Waals surface area contributed by atoms with Crippen LogP contribution in [0.4, 0.5) is 5.69 Å².